The van der Waals surface area contributed by atoms with Crippen LogP contribution in [0.2, 0.25) is 0 Å². The molecule has 0 heteroatoms. The van der Waals surface area contributed by atoms with Crippen LogP contribution >= 0.6 is 0 Å². The van der Waals surface area contributed by atoms with Crippen LogP contribution in [0.15, 0.2) is 23.8 Å². The quantitative estimate of drug-likeness (QED) is 0.501. The Morgan fingerprint density at radius 3 is 2.89 bits per heavy atom. The largest absolute Gasteiger partial charge is 0.0874 e. The summed E-state index contributed by atoms with van der Waals surface area (Å²) in [6.07, 6.45) is 12.1. The molecular formula is C9H14. The maximum Gasteiger partial charge on any atom is -0.0282 e. The Morgan fingerprint density at radius 2 is 2.33 bits per heavy atom. The molecule has 0 aromatic rings. The van der Waals surface area contributed by atoms with Crippen LogP contribution < -0.4 is 0 Å². The monoisotopic (exact) mass is 122 g/mol. The number of rotatable bonds is 1. The van der Waals surface area contributed by atoms with E-state index in [4.69, 9.17) is 0 Å². The fourth-order valence-electron chi connectivity index (χ4n) is 1.23. The van der Waals surface area contributed by atoms with E-state index in [-0.39, 0.29) is 0 Å². The van der Waals surface area contributed by atoms with Gasteiger partial charge in [-0.25, -0.2) is 0 Å². The lowest BCUT2D eigenvalue weighted by Crippen LogP contribution is -1.87. The lowest BCUT2D eigenvalue weighted by Gasteiger charge is -2.07. The minimum Gasteiger partial charge on any atom is -0.0874 e. The molecule has 1 rings (SSSR count). The molecule has 0 nitrogen and oxygen atoms in total. The molecule has 0 N–H and O–H groups in total. The van der Waals surface area contributed by atoms with Crippen LogP contribution in [-0.4, -0.2) is 0 Å². The summed E-state index contributed by atoms with van der Waals surface area (Å²) in [5.41, 5.74) is 1.53. The van der Waals surface area contributed by atoms with Crippen LogP contribution in [0.25, 0.3) is 0 Å². The van der Waals surface area contributed by atoms with Crippen LogP contribution in [0.4, 0.5) is 0 Å². The highest BCUT2D eigenvalue weighted by Gasteiger charge is 1.97. The Morgan fingerprint density at radius 1 is 1.44 bits per heavy atom. The van der Waals surface area contributed by atoms with Crippen LogP contribution in [-0.2, 0) is 0 Å². The maximum atomic E-state index is 2.35. The molecule has 0 heterocycles. The molecular weight excluding hydrogens is 108 g/mol. The van der Waals surface area contributed by atoms with Crippen molar-refractivity contribution in [2.75, 3.05) is 0 Å². The fourth-order valence-corrected chi connectivity index (χ4v) is 1.23. The van der Waals surface area contributed by atoms with Gasteiger partial charge in [0.1, 0.15) is 0 Å². The second-order valence-corrected chi connectivity index (χ2v) is 2.52. The van der Waals surface area contributed by atoms with E-state index in [0.717, 1.165) is 0 Å². The molecule has 1 aliphatic rings. The summed E-state index contributed by atoms with van der Waals surface area (Å²) in [7, 11) is 0. The molecule has 1 aliphatic carbocycles. The van der Waals surface area contributed by atoms with Crippen LogP contribution in [0.5, 0.6) is 0 Å². The summed E-state index contributed by atoms with van der Waals surface area (Å²) in [5, 5.41) is 0. The molecule has 0 atom stereocenters. The third-order valence-electron chi connectivity index (χ3n) is 1.71. The summed E-state index contributed by atoms with van der Waals surface area (Å²) in [6.45, 7) is 2.08. The Hall–Kier alpha value is -0.520. The van der Waals surface area contributed by atoms with E-state index in [1.54, 1.807) is 0 Å². The van der Waals surface area contributed by atoms with E-state index >= 15 is 0 Å². The normalized spacial score (nSPS) is 20.3. The lowest BCUT2D eigenvalue weighted by molar-refractivity contribution is 0.712. The first-order valence-electron chi connectivity index (χ1n) is 3.75. The van der Waals surface area contributed by atoms with Crippen molar-refractivity contribution in [3.8, 4) is 0 Å². The van der Waals surface area contributed by atoms with Crippen molar-refractivity contribution in [1.82, 2.24) is 0 Å². The molecule has 0 saturated heterocycles. The van der Waals surface area contributed by atoms with Crippen molar-refractivity contribution in [1.29, 1.82) is 0 Å². The smallest absolute Gasteiger partial charge is 0.0282 e. The van der Waals surface area contributed by atoms with E-state index in [1.165, 1.54) is 31.3 Å². The predicted molar refractivity (Wildman–Crippen MR) is 41.4 cm³/mol. The summed E-state index contributed by atoms with van der Waals surface area (Å²) < 4.78 is 0. The van der Waals surface area contributed by atoms with Crippen molar-refractivity contribution in [3.05, 3.63) is 23.8 Å². The van der Waals surface area contributed by atoms with Gasteiger partial charge < -0.3 is 0 Å². The van der Waals surface area contributed by atoms with Gasteiger partial charge in [-0.1, -0.05) is 23.8 Å². The van der Waals surface area contributed by atoms with Gasteiger partial charge >= 0.3 is 0 Å². The molecule has 0 amide bonds. The molecule has 0 saturated carbocycles. The summed E-state index contributed by atoms with van der Waals surface area (Å²) in [4.78, 5) is 0. The highest BCUT2D eigenvalue weighted by molar-refractivity contribution is 5.19. The molecule has 0 bridgehead atoms. The Kier molecular flexibility index (Phi) is 2.56. The summed E-state index contributed by atoms with van der Waals surface area (Å²) >= 11 is 0. The molecule has 0 aliphatic heterocycles. The molecule has 0 aromatic heterocycles. The standard InChI is InChI=1S/C9H14/c1-2-6-9-7-4-3-5-8-9/h2,6-7H,3-5,8H2,1H3. The van der Waals surface area contributed by atoms with Crippen molar-refractivity contribution >= 4 is 0 Å². The molecule has 50 valence electrons. The van der Waals surface area contributed by atoms with Crippen LogP contribution in [0.3, 0.4) is 0 Å². The van der Waals surface area contributed by atoms with E-state index in [1.807, 2.05) is 0 Å². The zero-order valence-corrected chi connectivity index (χ0v) is 6.06. The van der Waals surface area contributed by atoms with Gasteiger partial charge in [0.2, 0.25) is 0 Å². The third kappa shape index (κ3) is 2.05. The van der Waals surface area contributed by atoms with E-state index in [0.29, 0.717) is 0 Å². The Balaban J connectivity index is 2.46. The lowest BCUT2D eigenvalue weighted by atomic mass is 9.99. The number of hydrogen-bond acceptors (Lipinski definition) is 0. The Labute approximate surface area is 57.3 Å². The Bertz CT molecular complexity index is 129. The maximum absolute atomic E-state index is 2.35. The highest BCUT2D eigenvalue weighted by atomic mass is 14.0. The average Bonchev–Trinajstić information content (AvgIpc) is 1.91. The second-order valence-electron chi connectivity index (χ2n) is 2.52. The first-order valence-corrected chi connectivity index (χ1v) is 3.75. The number of allylic oxidation sites excluding steroid dienone is 4. The van der Waals surface area contributed by atoms with E-state index in [2.05, 4.69) is 25.2 Å². The predicted octanol–water partition coefficient (Wildman–Crippen LogP) is 3.06. The molecule has 9 heavy (non-hydrogen) atoms. The van der Waals surface area contributed by atoms with Gasteiger partial charge in [-0.2, -0.15) is 0 Å². The fraction of sp³-hybridized carbons (Fsp3) is 0.556. The third-order valence-corrected chi connectivity index (χ3v) is 1.71. The minimum atomic E-state index is 1.29. The van der Waals surface area contributed by atoms with Crippen molar-refractivity contribution in [2.24, 2.45) is 0 Å². The SMILES string of the molecule is CC=CC1=CCCCC1. The number of hydrogen-bond donors (Lipinski definition) is 0. The molecule has 0 fully saturated rings. The van der Waals surface area contributed by atoms with E-state index in [9.17, 15) is 0 Å². The second kappa shape index (κ2) is 3.49. The summed E-state index contributed by atoms with van der Waals surface area (Å²) in [5.74, 6) is 0. The molecule has 0 unspecified atom stereocenters. The van der Waals surface area contributed by atoms with Crippen molar-refractivity contribution in [3.63, 3.8) is 0 Å². The zero-order valence-electron chi connectivity index (χ0n) is 6.06. The van der Waals surface area contributed by atoms with Gasteiger partial charge in [-0.15, -0.1) is 0 Å². The van der Waals surface area contributed by atoms with Gasteiger partial charge in [0, 0.05) is 0 Å². The topological polar surface area (TPSA) is 0 Å². The zero-order chi connectivity index (χ0) is 6.53. The highest BCUT2D eigenvalue weighted by Crippen LogP contribution is 2.17. The molecule has 0 spiro atoms. The molecule has 0 aromatic carbocycles. The van der Waals surface area contributed by atoms with Gasteiger partial charge in [0.05, 0.1) is 0 Å². The van der Waals surface area contributed by atoms with Crippen molar-refractivity contribution < 1.29 is 0 Å². The van der Waals surface area contributed by atoms with Gasteiger partial charge in [0.15, 0.2) is 0 Å². The molecule has 0 radical (unpaired) electrons. The van der Waals surface area contributed by atoms with Crippen LogP contribution in [0.1, 0.15) is 32.6 Å². The first kappa shape index (κ1) is 6.60. The average molecular weight is 122 g/mol. The first-order chi connectivity index (χ1) is 4.43. The van der Waals surface area contributed by atoms with Gasteiger partial charge in [-0.3, -0.25) is 0 Å². The van der Waals surface area contributed by atoms with Crippen molar-refractivity contribution in [2.45, 2.75) is 32.6 Å². The summed E-state index contributed by atoms with van der Waals surface area (Å²) in [6, 6.07) is 0. The van der Waals surface area contributed by atoms with Gasteiger partial charge in [-0.05, 0) is 32.6 Å². The van der Waals surface area contributed by atoms with Crippen LogP contribution in [0, 0.1) is 0 Å². The van der Waals surface area contributed by atoms with Gasteiger partial charge in [0.25, 0.3) is 0 Å². The van der Waals surface area contributed by atoms with E-state index < -0.39 is 0 Å². The minimum absolute atomic E-state index is 1.29.